The van der Waals surface area contributed by atoms with Crippen molar-refractivity contribution in [3.63, 3.8) is 0 Å². The Bertz CT molecular complexity index is 1300. The van der Waals surface area contributed by atoms with Crippen molar-refractivity contribution >= 4 is 27.0 Å². The molecule has 0 saturated carbocycles. The number of hydrogen-bond acceptors (Lipinski definition) is 4. The van der Waals surface area contributed by atoms with E-state index in [-0.39, 0.29) is 5.69 Å². The van der Waals surface area contributed by atoms with Crippen LogP contribution in [0.3, 0.4) is 0 Å². The van der Waals surface area contributed by atoms with E-state index in [0.717, 1.165) is 40.0 Å². The summed E-state index contributed by atoms with van der Waals surface area (Å²) in [5, 5.41) is 2.77. The van der Waals surface area contributed by atoms with Gasteiger partial charge in [-0.2, -0.15) is 13.2 Å². The van der Waals surface area contributed by atoms with E-state index < -0.39 is 26.7 Å². The Morgan fingerprint density at radius 3 is 2.23 bits per heavy atom. The van der Waals surface area contributed by atoms with Crippen LogP contribution in [0.5, 0.6) is 0 Å². The predicted molar refractivity (Wildman–Crippen MR) is 115 cm³/mol. The van der Waals surface area contributed by atoms with Gasteiger partial charge in [-0.25, -0.2) is 13.4 Å². The number of thiazole rings is 1. The average Bonchev–Trinajstić information content (AvgIpc) is 3.24. The maximum Gasteiger partial charge on any atom is 0.416 e. The third-order valence-electron chi connectivity index (χ3n) is 4.43. The van der Waals surface area contributed by atoms with Crippen molar-refractivity contribution in [1.29, 1.82) is 0 Å². The average molecular weight is 461 g/mol. The number of sulfonamides is 1. The van der Waals surface area contributed by atoms with Crippen molar-refractivity contribution in [2.75, 3.05) is 4.72 Å². The highest BCUT2D eigenvalue weighted by atomic mass is 32.2. The summed E-state index contributed by atoms with van der Waals surface area (Å²) in [7, 11) is -4.17. The molecule has 3 aromatic carbocycles. The lowest BCUT2D eigenvalue weighted by Crippen LogP contribution is -2.14. The van der Waals surface area contributed by atoms with Gasteiger partial charge in [-0.3, -0.25) is 4.72 Å². The van der Waals surface area contributed by atoms with E-state index in [2.05, 4.69) is 9.71 Å². The molecule has 0 spiro atoms. The second-order valence-corrected chi connectivity index (χ2v) is 9.15. The molecule has 0 fully saturated rings. The molecule has 0 bridgehead atoms. The summed E-state index contributed by atoms with van der Waals surface area (Å²) in [6.07, 6.45) is -4.63. The zero-order chi connectivity index (χ0) is 22.1. The van der Waals surface area contributed by atoms with E-state index in [1.54, 1.807) is 24.3 Å². The van der Waals surface area contributed by atoms with Crippen LogP contribution in [0.2, 0.25) is 0 Å². The number of rotatable bonds is 5. The third kappa shape index (κ3) is 4.78. The van der Waals surface area contributed by atoms with Gasteiger partial charge in [-0.1, -0.05) is 48.5 Å². The molecule has 0 aliphatic carbocycles. The minimum Gasteiger partial charge on any atom is -0.280 e. The van der Waals surface area contributed by atoms with Gasteiger partial charge >= 0.3 is 6.18 Å². The van der Waals surface area contributed by atoms with Gasteiger partial charge < -0.3 is 0 Å². The molecule has 0 amide bonds. The topological polar surface area (TPSA) is 59.1 Å². The van der Waals surface area contributed by atoms with Crippen LogP contribution < -0.4 is 4.72 Å². The molecule has 0 unspecified atom stereocenters. The fourth-order valence-corrected chi connectivity index (χ4v) is 4.82. The number of anilines is 1. The zero-order valence-electron chi connectivity index (χ0n) is 15.8. The first kappa shape index (κ1) is 21.1. The SMILES string of the molecule is O=S(=O)(Nc1ccc(-c2csc(-c3ccccc3)n2)cc1)c1cccc(C(F)(F)F)c1. The van der Waals surface area contributed by atoms with Gasteiger partial charge in [0.25, 0.3) is 10.0 Å². The molecule has 0 radical (unpaired) electrons. The molecule has 9 heteroatoms. The van der Waals surface area contributed by atoms with Crippen molar-refractivity contribution < 1.29 is 21.6 Å². The second kappa shape index (κ2) is 8.16. The van der Waals surface area contributed by atoms with Gasteiger partial charge in [-0.05, 0) is 30.3 Å². The van der Waals surface area contributed by atoms with Crippen LogP contribution in [0.4, 0.5) is 18.9 Å². The molecule has 0 atom stereocenters. The molecule has 0 aliphatic rings. The van der Waals surface area contributed by atoms with E-state index in [9.17, 15) is 21.6 Å². The highest BCUT2D eigenvalue weighted by molar-refractivity contribution is 7.92. The zero-order valence-corrected chi connectivity index (χ0v) is 17.4. The Balaban J connectivity index is 1.53. The summed E-state index contributed by atoms with van der Waals surface area (Å²) in [6, 6.07) is 19.8. The molecule has 1 heterocycles. The quantitative estimate of drug-likeness (QED) is 0.380. The molecular weight excluding hydrogens is 445 g/mol. The normalized spacial score (nSPS) is 12.0. The summed E-state index contributed by atoms with van der Waals surface area (Å²) in [5.41, 5.74) is 1.75. The third-order valence-corrected chi connectivity index (χ3v) is 6.70. The number of alkyl halides is 3. The first-order valence-electron chi connectivity index (χ1n) is 9.04. The summed E-state index contributed by atoms with van der Waals surface area (Å²) in [5.74, 6) is 0. The fraction of sp³-hybridized carbons (Fsp3) is 0.0455. The summed E-state index contributed by atoms with van der Waals surface area (Å²) >= 11 is 1.50. The van der Waals surface area contributed by atoms with Crippen LogP contribution in [0.25, 0.3) is 21.8 Å². The smallest absolute Gasteiger partial charge is 0.280 e. The maximum atomic E-state index is 12.9. The highest BCUT2D eigenvalue weighted by Crippen LogP contribution is 2.32. The molecule has 4 rings (SSSR count). The standard InChI is InChI=1S/C22H15F3N2O2S2/c23-22(24,25)17-7-4-8-19(13-17)31(28,29)27-18-11-9-15(10-12-18)20-14-30-21(26-20)16-5-2-1-3-6-16/h1-14,27H. The summed E-state index contributed by atoms with van der Waals surface area (Å²) in [4.78, 5) is 4.15. The lowest BCUT2D eigenvalue weighted by molar-refractivity contribution is -0.137. The highest BCUT2D eigenvalue weighted by Gasteiger charge is 2.31. The van der Waals surface area contributed by atoms with E-state index in [4.69, 9.17) is 0 Å². The van der Waals surface area contributed by atoms with Gasteiger partial charge in [0.15, 0.2) is 0 Å². The van der Waals surface area contributed by atoms with E-state index >= 15 is 0 Å². The Labute approximate surface area is 181 Å². The lowest BCUT2D eigenvalue weighted by Gasteiger charge is -2.11. The number of halogens is 3. The Morgan fingerprint density at radius 2 is 1.55 bits per heavy atom. The minimum atomic E-state index is -4.63. The molecule has 0 saturated heterocycles. The molecular formula is C22H15F3N2O2S2. The molecule has 0 aliphatic heterocycles. The van der Waals surface area contributed by atoms with E-state index in [1.807, 2.05) is 35.7 Å². The van der Waals surface area contributed by atoms with Crippen molar-refractivity contribution in [2.24, 2.45) is 0 Å². The van der Waals surface area contributed by atoms with Crippen LogP contribution in [-0.2, 0) is 16.2 Å². The predicted octanol–water partition coefficient (Wildman–Crippen LogP) is 6.30. The maximum absolute atomic E-state index is 12.9. The van der Waals surface area contributed by atoms with Crippen LogP contribution in [0, 0.1) is 0 Å². The number of nitrogens with one attached hydrogen (secondary N) is 1. The van der Waals surface area contributed by atoms with Gasteiger partial charge in [-0.15, -0.1) is 11.3 Å². The van der Waals surface area contributed by atoms with Crippen LogP contribution in [0.1, 0.15) is 5.56 Å². The number of nitrogens with zero attached hydrogens (tertiary/aromatic N) is 1. The first-order valence-corrected chi connectivity index (χ1v) is 11.4. The van der Waals surface area contributed by atoms with E-state index in [0.29, 0.717) is 6.07 Å². The van der Waals surface area contributed by atoms with Gasteiger partial charge in [0.2, 0.25) is 0 Å². The van der Waals surface area contributed by atoms with Gasteiger partial charge in [0, 0.05) is 22.2 Å². The summed E-state index contributed by atoms with van der Waals surface area (Å²) in [6.45, 7) is 0. The van der Waals surface area contributed by atoms with Crippen molar-refractivity contribution in [3.05, 3.63) is 89.8 Å². The minimum absolute atomic E-state index is 0.236. The molecule has 31 heavy (non-hydrogen) atoms. The van der Waals surface area contributed by atoms with Crippen molar-refractivity contribution in [1.82, 2.24) is 4.98 Å². The lowest BCUT2D eigenvalue weighted by atomic mass is 10.1. The molecule has 1 aromatic heterocycles. The summed E-state index contributed by atoms with van der Waals surface area (Å²) < 4.78 is 66.0. The Hall–Kier alpha value is -3.17. The second-order valence-electron chi connectivity index (χ2n) is 6.61. The molecule has 4 aromatic rings. The largest absolute Gasteiger partial charge is 0.416 e. The van der Waals surface area contributed by atoms with Crippen LogP contribution >= 0.6 is 11.3 Å². The van der Waals surface area contributed by atoms with Crippen LogP contribution in [0.15, 0.2) is 89.1 Å². The fourth-order valence-electron chi connectivity index (χ4n) is 2.88. The Morgan fingerprint density at radius 1 is 0.839 bits per heavy atom. The van der Waals surface area contributed by atoms with Crippen LogP contribution in [-0.4, -0.2) is 13.4 Å². The first-order chi connectivity index (χ1) is 14.7. The number of benzene rings is 3. The number of aromatic nitrogens is 1. The Kier molecular flexibility index (Phi) is 5.55. The van der Waals surface area contributed by atoms with Gasteiger partial charge in [0.05, 0.1) is 16.2 Å². The number of hydrogen-bond donors (Lipinski definition) is 1. The van der Waals surface area contributed by atoms with Crippen molar-refractivity contribution in [2.45, 2.75) is 11.1 Å². The van der Waals surface area contributed by atoms with E-state index in [1.165, 1.54) is 11.3 Å². The molecule has 4 nitrogen and oxygen atoms in total. The van der Waals surface area contributed by atoms with Crippen molar-refractivity contribution in [3.8, 4) is 21.8 Å². The molecule has 1 N–H and O–H groups in total. The monoisotopic (exact) mass is 460 g/mol. The van der Waals surface area contributed by atoms with Gasteiger partial charge in [0.1, 0.15) is 5.01 Å². The molecule has 158 valence electrons.